The van der Waals surface area contributed by atoms with Gasteiger partial charge in [-0.1, -0.05) is 54.1 Å². The fourth-order valence-corrected chi connectivity index (χ4v) is 3.34. The van der Waals surface area contributed by atoms with Gasteiger partial charge in [-0.25, -0.2) is 4.79 Å². The molecule has 0 fully saturated rings. The minimum Gasteiger partial charge on any atom is -0.477 e. The van der Waals surface area contributed by atoms with Gasteiger partial charge in [-0.05, 0) is 41.5 Å². The van der Waals surface area contributed by atoms with Crippen LogP contribution in [0.4, 0.5) is 0 Å². The summed E-state index contributed by atoms with van der Waals surface area (Å²) < 4.78 is 1.89. The lowest BCUT2D eigenvalue weighted by Crippen LogP contribution is -2.09. The molecule has 0 aliphatic carbocycles. The van der Waals surface area contributed by atoms with Crippen molar-refractivity contribution in [2.45, 2.75) is 13.5 Å². The number of benzene rings is 3. The van der Waals surface area contributed by atoms with Gasteiger partial charge in [0, 0.05) is 17.4 Å². The fourth-order valence-electron chi connectivity index (χ4n) is 3.34. The third kappa shape index (κ3) is 2.35. The van der Waals surface area contributed by atoms with Crippen molar-refractivity contribution < 1.29 is 9.90 Å². The highest BCUT2D eigenvalue weighted by molar-refractivity contribution is 5.95. The lowest BCUT2D eigenvalue weighted by Gasteiger charge is -2.11. The summed E-state index contributed by atoms with van der Waals surface area (Å²) in [6.45, 7) is 2.55. The lowest BCUT2D eigenvalue weighted by atomic mass is 10.0. The molecule has 0 spiro atoms. The number of aryl methyl sites for hydroxylation is 1. The van der Waals surface area contributed by atoms with E-state index in [9.17, 15) is 9.90 Å². The molecule has 0 atom stereocenters. The molecule has 3 nitrogen and oxygen atoms in total. The molecule has 118 valence electrons. The molecule has 0 saturated heterocycles. The van der Waals surface area contributed by atoms with Crippen LogP contribution in [0.5, 0.6) is 0 Å². The SMILES string of the molecule is Cc1ccc2c(c1)cc(C(=O)O)n2Cc1cccc2ccccc12. The van der Waals surface area contributed by atoms with Crippen LogP contribution in [0.25, 0.3) is 21.7 Å². The number of hydrogen-bond donors (Lipinski definition) is 1. The van der Waals surface area contributed by atoms with Gasteiger partial charge in [-0.15, -0.1) is 0 Å². The number of fused-ring (bicyclic) bond motifs is 2. The molecule has 24 heavy (non-hydrogen) atoms. The number of rotatable bonds is 3. The molecule has 3 aromatic carbocycles. The first-order valence-corrected chi connectivity index (χ1v) is 7.93. The van der Waals surface area contributed by atoms with Gasteiger partial charge in [-0.3, -0.25) is 0 Å². The number of carboxylic acid groups (broad SMARTS) is 1. The van der Waals surface area contributed by atoms with Crippen molar-refractivity contribution >= 4 is 27.6 Å². The predicted molar refractivity (Wildman–Crippen MR) is 96.7 cm³/mol. The standard InChI is InChI=1S/C21H17NO2/c1-14-9-10-19-17(11-14)12-20(21(23)24)22(19)13-16-7-4-6-15-5-2-3-8-18(15)16/h2-12H,13H2,1H3,(H,23,24). The summed E-state index contributed by atoms with van der Waals surface area (Å²) in [5, 5.41) is 12.9. The second-order valence-corrected chi connectivity index (χ2v) is 6.12. The zero-order valence-corrected chi connectivity index (χ0v) is 13.4. The van der Waals surface area contributed by atoms with Gasteiger partial charge in [0.15, 0.2) is 0 Å². The number of aromatic carboxylic acids is 1. The average Bonchev–Trinajstić information content (AvgIpc) is 2.93. The van der Waals surface area contributed by atoms with E-state index in [4.69, 9.17) is 0 Å². The molecule has 1 heterocycles. The molecule has 3 heteroatoms. The Bertz CT molecular complexity index is 1070. The first kappa shape index (κ1) is 14.5. The Kier molecular flexibility index (Phi) is 3.35. The Morgan fingerprint density at radius 2 is 1.75 bits per heavy atom. The first-order valence-electron chi connectivity index (χ1n) is 7.93. The molecule has 0 unspecified atom stereocenters. The van der Waals surface area contributed by atoms with Crippen LogP contribution in [0.1, 0.15) is 21.6 Å². The molecule has 0 radical (unpaired) electrons. The molecular weight excluding hydrogens is 298 g/mol. The summed E-state index contributed by atoms with van der Waals surface area (Å²) in [5.74, 6) is -0.899. The monoisotopic (exact) mass is 315 g/mol. The van der Waals surface area contributed by atoms with Gasteiger partial charge in [0.05, 0.1) is 0 Å². The maximum atomic E-state index is 11.7. The first-order chi connectivity index (χ1) is 11.6. The van der Waals surface area contributed by atoms with E-state index in [0.29, 0.717) is 12.2 Å². The van der Waals surface area contributed by atoms with Crippen LogP contribution in [0.3, 0.4) is 0 Å². The van der Waals surface area contributed by atoms with Crippen LogP contribution < -0.4 is 0 Å². The van der Waals surface area contributed by atoms with E-state index < -0.39 is 5.97 Å². The van der Waals surface area contributed by atoms with Crippen molar-refractivity contribution in [1.29, 1.82) is 0 Å². The highest BCUT2D eigenvalue weighted by Gasteiger charge is 2.15. The number of hydrogen-bond acceptors (Lipinski definition) is 1. The highest BCUT2D eigenvalue weighted by Crippen LogP contribution is 2.25. The Hall–Kier alpha value is -3.07. The molecule has 1 aromatic heterocycles. The Morgan fingerprint density at radius 1 is 0.958 bits per heavy atom. The predicted octanol–water partition coefficient (Wildman–Crippen LogP) is 4.85. The van der Waals surface area contributed by atoms with Crippen LogP contribution >= 0.6 is 0 Å². The van der Waals surface area contributed by atoms with Gasteiger partial charge >= 0.3 is 5.97 Å². The molecule has 0 aliphatic rings. The molecule has 4 rings (SSSR count). The summed E-state index contributed by atoms with van der Waals surface area (Å²) in [6.07, 6.45) is 0. The zero-order chi connectivity index (χ0) is 16.7. The Labute approximate surface area is 139 Å². The largest absolute Gasteiger partial charge is 0.477 e. The smallest absolute Gasteiger partial charge is 0.352 e. The molecule has 0 aliphatic heterocycles. The van der Waals surface area contributed by atoms with Gasteiger partial charge in [-0.2, -0.15) is 0 Å². The Balaban J connectivity index is 1.92. The highest BCUT2D eigenvalue weighted by atomic mass is 16.4. The third-order valence-corrected chi connectivity index (χ3v) is 4.48. The number of nitrogens with zero attached hydrogens (tertiary/aromatic N) is 1. The summed E-state index contributed by atoms with van der Waals surface area (Å²) >= 11 is 0. The number of carbonyl (C=O) groups is 1. The Morgan fingerprint density at radius 3 is 2.58 bits per heavy atom. The van der Waals surface area contributed by atoms with Crippen LogP contribution in [0.2, 0.25) is 0 Å². The summed E-state index contributed by atoms with van der Waals surface area (Å²) in [4.78, 5) is 11.7. The summed E-state index contributed by atoms with van der Waals surface area (Å²) in [7, 11) is 0. The minimum absolute atomic E-state index is 0.323. The van der Waals surface area contributed by atoms with Crippen molar-refractivity contribution in [1.82, 2.24) is 4.57 Å². The maximum Gasteiger partial charge on any atom is 0.352 e. The second-order valence-electron chi connectivity index (χ2n) is 6.12. The van der Waals surface area contributed by atoms with Crippen molar-refractivity contribution in [3.63, 3.8) is 0 Å². The molecule has 4 aromatic rings. The van der Waals surface area contributed by atoms with E-state index in [-0.39, 0.29) is 0 Å². The normalized spacial score (nSPS) is 11.2. The van der Waals surface area contributed by atoms with Crippen LogP contribution in [0.15, 0.2) is 66.7 Å². The van der Waals surface area contributed by atoms with Gasteiger partial charge in [0.2, 0.25) is 0 Å². The third-order valence-electron chi connectivity index (χ3n) is 4.48. The molecule has 0 bridgehead atoms. The number of carboxylic acids is 1. The van der Waals surface area contributed by atoms with Crippen LogP contribution in [0, 0.1) is 6.92 Å². The lowest BCUT2D eigenvalue weighted by molar-refractivity contribution is 0.0686. The van der Waals surface area contributed by atoms with Crippen molar-refractivity contribution in [2.75, 3.05) is 0 Å². The minimum atomic E-state index is -0.899. The molecule has 0 amide bonds. The fraction of sp³-hybridized carbons (Fsp3) is 0.0952. The van der Waals surface area contributed by atoms with E-state index in [2.05, 4.69) is 24.3 Å². The van der Waals surface area contributed by atoms with Crippen molar-refractivity contribution in [3.8, 4) is 0 Å². The van der Waals surface area contributed by atoms with E-state index in [1.807, 2.05) is 47.9 Å². The summed E-state index contributed by atoms with van der Waals surface area (Å²) in [5.41, 5.74) is 3.52. The van der Waals surface area contributed by atoms with Crippen molar-refractivity contribution in [3.05, 3.63) is 83.6 Å². The topological polar surface area (TPSA) is 42.2 Å². The van der Waals surface area contributed by atoms with E-state index in [0.717, 1.165) is 27.4 Å². The molecule has 1 N–H and O–H groups in total. The second kappa shape index (κ2) is 5.53. The van der Waals surface area contributed by atoms with E-state index in [1.165, 1.54) is 5.39 Å². The van der Waals surface area contributed by atoms with Gasteiger partial charge in [0.25, 0.3) is 0 Å². The summed E-state index contributed by atoms with van der Waals surface area (Å²) in [6, 6.07) is 22.2. The average molecular weight is 315 g/mol. The number of aromatic nitrogens is 1. The van der Waals surface area contributed by atoms with E-state index in [1.54, 1.807) is 6.07 Å². The maximum absolute atomic E-state index is 11.7. The van der Waals surface area contributed by atoms with Crippen molar-refractivity contribution in [2.24, 2.45) is 0 Å². The van der Waals surface area contributed by atoms with Crippen LogP contribution in [-0.2, 0) is 6.54 Å². The quantitative estimate of drug-likeness (QED) is 0.587. The molecular formula is C21H17NO2. The van der Waals surface area contributed by atoms with E-state index >= 15 is 0 Å². The van der Waals surface area contributed by atoms with Crippen LogP contribution in [-0.4, -0.2) is 15.6 Å². The zero-order valence-electron chi connectivity index (χ0n) is 13.4. The van der Waals surface area contributed by atoms with Gasteiger partial charge in [0.1, 0.15) is 5.69 Å². The van der Waals surface area contributed by atoms with Gasteiger partial charge < -0.3 is 9.67 Å². The molecule has 0 saturated carbocycles.